The summed E-state index contributed by atoms with van der Waals surface area (Å²) in [7, 11) is 0. The van der Waals surface area contributed by atoms with Gasteiger partial charge in [0.05, 0.1) is 0 Å². The maximum absolute atomic E-state index is 12.3. The van der Waals surface area contributed by atoms with Gasteiger partial charge in [0.15, 0.2) is 0 Å². The second-order valence-electron chi connectivity index (χ2n) is 5.23. The van der Waals surface area contributed by atoms with Crippen molar-refractivity contribution >= 4 is 18.5 Å². The number of amides is 1. The van der Waals surface area contributed by atoms with Crippen LogP contribution in [0.3, 0.4) is 0 Å². The zero-order valence-corrected chi connectivity index (χ0v) is 11.5. The summed E-state index contributed by atoms with van der Waals surface area (Å²) >= 11 is 4.25. The first-order chi connectivity index (χ1) is 8.31. The van der Waals surface area contributed by atoms with Crippen LogP contribution in [0.15, 0.2) is 0 Å². The molecule has 1 aliphatic heterocycles. The molecule has 1 saturated carbocycles. The molecule has 0 N–H and O–H groups in total. The number of piperazine rings is 1. The molecule has 3 nitrogen and oxygen atoms in total. The number of nitrogens with zero attached hydrogens (tertiary/aromatic N) is 2. The Morgan fingerprint density at radius 1 is 1.06 bits per heavy atom. The molecule has 0 bridgehead atoms. The highest BCUT2D eigenvalue weighted by atomic mass is 32.1. The van der Waals surface area contributed by atoms with Crippen molar-refractivity contribution in [3.05, 3.63) is 0 Å². The summed E-state index contributed by atoms with van der Waals surface area (Å²) in [4.78, 5) is 16.8. The molecule has 1 aliphatic carbocycles. The minimum absolute atomic E-state index is 0.333. The first kappa shape index (κ1) is 13.2. The fraction of sp³-hybridized carbons (Fsp3) is 0.923. The molecule has 0 unspecified atom stereocenters. The van der Waals surface area contributed by atoms with Gasteiger partial charge in [0, 0.05) is 44.4 Å². The highest BCUT2D eigenvalue weighted by Gasteiger charge is 2.27. The minimum atomic E-state index is 0.333. The topological polar surface area (TPSA) is 23.6 Å². The predicted octanol–water partition coefficient (Wildman–Crippen LogP) is 1.64. The molecule has 1 saturated heterocycles. The first-order valence-corrected chi connectivity index (χ1v) is 7.56. The van der Waals surface area contributed by atoms with Crippen LogP contribution < -0.4 is 0 Å². The summed E-state index contributed by atoms with van der Waals surface area (Å²) in [6, 6.07) is 0. The van der Waals surface area contributed by atoms with Crippen molar-refractivity contribution in [3.63, 3.8) is 0 Å². The van der Waals surface area contributed by atoms with Gasteiger partial charge >= 0.3 is 0 Å². The van der Waals surface area contributed by atoms with Crippen LogP contribution in [0.25, 0.3) is 0 Å². The van der Waals surface area contributed by atoms with Crippen molar-refractivity contribution in [1.82, 2.24) is 9.80 Å². The van der Waals surface area contributed by atoms with Gasteiger partial charge in [-0.25, -0.2) is 0 Å². The number of carbonyl (C=O) groups is 1. The van der Waals surface area contributed by atoms with Crippen molar-refractivity contribution in [2.24, 2.45) is 5.92 Å². The molecule has 2 rings (SSSR count). The van der Waals surface area contributed by atoms with Crippen molar-refractivity contribution < 1.29 is 4.79 Å². The van der Waals surface area contributed by atoms with E-state index in [9.17, 15) is 4.79 Å². The Labute approximate surface area is 110 Å². The fourth-order valence-electron chi connectivity index (χ4n) is 2.94. The van der Waals surface area contributed by atoms with E-state index < -0.39 is 0 Å². The lowest BCUT2D eigenvalue weighted by atomic mass is 9.88. The molecule has 1 amide bonds. The summed E-state index contributed by atoms with van der Waals surface area (Å²) in [5, 5.41) is 0. The molecule has 98 valence electrons. The van der Waals surface area contributed by atoms with E-state index >= 15 is 0 Å². The van der Waals surface area contributed by atoms with Gasteiger partial charge in [-0.1, -0.05) is 19.3 Å². The SMILES string of the molecule is O=C(C1CCCCC1)N1CCN(CCS)CC1. The number of carbonyl (C=O) groups excluding carboxylic acids is 1. The highest BCUT2D eigenvalue weighted by Crippen LogP contribution is 2.25. The van der Waals surface area contributed by atoms with E-state index in [-0.39, 0.29) is 0 Å². The van der Waals surface area contributed by atoms with E-state index in [4.69, 9.17) is 0 Å². The number of hydrogen-bond donors (Lipinski definition) is 1. The smallest absolute Gasteiger partial charge is 0.225 e. The standard InChI is InChI=1S/C13H24N2OS/c16-13(12-4-2-1-3-5-12)15-8-6-14(7-9-15)10-11-17/h12,17H,1-11H2. The predicted molar refractivity (Wildman–Crippen MR) is 73.4 cm³/mol. The average molecular weight is 256 g/mol. The van der Waals surface area contributed by atoms with E-state index in [0.717, 1.165) is 51.3 Å². The Morgan fingerprint density at radius 3 is 2.29 bits per heavy atom. The van der Waals surface area contributed by atoms with Crippen LogP contribution in [0.1, 0.15) is 32.1 Å². The molecule has 0 aromatic rings. The van der Waals surface area contributed by atoms with Crippen molar-refractivity contribution in [2.75, 3.05) is 38.5 Å². The van der Waals surface area contributed by atoms with Gasteiger partial charge < -0.3 is 4.90 Å². The lowest BCUT2D eigenvalue weighted by molar-refractivity contribution is -0.138. The van der Waals surface area contributed by atoms with Crippen molar-refractivity contribution in [1.29, 1.82) is 0 Å². The zero-order chi connectivity index (χ0) is 12.1. The maximum Gasteiger partial charge on any atom is 0.225 e. The molecule has 2 aliphatic rings. The van der Waals surface area contributed by atoms with Crippen LogP contribution >= 0.6 is 12.6 Å². The number of rotatable bonds is 3. The molecule has 0 aromatic carbocycles. The quantitative estimate of drug-likeness (QED) is 0.776. The van der Waals surface area contributed by atoms with Gasteiger partial charge in [0.2, 0.25) is 5.91 Å². The number of hydrogen-bond acceptors (Lipinski definition) is 3. The van der Waals surface area contributed by atoms with Crippen molar-refractivity contribution in [3.8, 4) is 0 Å². The minimum Gasteiger partial charge on any atom is -0.340 e. The maximum atomic E-state index is 12.3. The summed E-state index contributed by atoms with van der Waals surface area (Å²) in [6.45, 7) is 4.94. The molecule has 17 heavy (non-hydrogen) atoms. The molecule has 0 atom stereocenters. The van der Waals surface area contributed by atoms with Gasteiger partial charge in [-0.15, -0.1) is 0 Å². The average Bonchev–Trinajstić information content (AvgIpc) is 2.40. The third-order valence-electron chi connectivity index (χ3n) is 4.05. The molecule has 1 heterocycles. The lowest BCUT2D eigenvalue weighted by Crippen LogP contribution is -2.50. The second kappa shape index (κ2) is 6.64. The van der Waals surface area contributed by atoms with Gasteiger partial charge in [0.25, 0.3) is 0 Å². The van der Waals surface area contributed by atoms with Gasteiger partial charge in [-0.3, -0.25) is 9.69 Å². The molecular weight excluding hydrogens is 232 g/mol. The van der Waals surface area contributed by atoms with E-state index in [1.165, 1.54) is 19.3 Å². The summed E-state index contributed by atoms with van der Waals surface area (Å²) in [6.07, 6.45) is 6.05. The van der Waals surface area contributed by atoms with E-state index in [1.807, 2.05) is 0 Å². The zero-order valence-electron chi connectivity index (χ0n) is 10.6. The van der Waals surface area contributed by atoms with Crippen LogP contribution in [-0.2, 0) is 4.79 Å². The third kappa shape index (κ3) is 3.62. The normalized spacial score (nSPS) is 23.9. The third-order valence-corrected chi connectivity index (χ3v) is 4.25. The Balaban J connectivity index is 1.77. The van der Waals surface area contributed by atoms with Gasteiger partial charge in [0.1, 0.15) is 0 Å². The van der Waals surface area contributed by atoms with Gasteiger partial charge in [-0.05, 0) is 12.8 Å². The van der Waals surface area contributed by atoms with E-state index in [2.05, 4.69) is 22.4 Å². The fourth-order valence-corrected chi connectivity index (χ4v) is 3.22. The Kier molecular flexibility index (Phi) is 5.16. The summed E-state index contributed by atoms with van der Waals surface area (Å²) in [5.74, 6) is 1.67. The first-order valence-electron chi connectivity index (χ1n) is 6.93. The van der Waals surface area contributed by atoms with E-state index in [0.29, 0.717) is 11.8 Å². The summed E-state index contributed by atoms with van der Waals surface area (Å²) in [5.41, 5.74) is 0. The Morgan fingerprint density at radius 2 is 1.71 bits per heavy atom. The number of thiol groups is 1. The molecule has 2 fully saturated rings. The van der Waals surface area contributed by atoms with Crippen molar-refractivity contribution in [2.45, 2.75) is 32.1 Å². The molecule has 0 aromatic heterocycles. The van der Waals surface area contributed by atoms with Crippen LogP contribution in [0.2, 0.25) is 0 Å². The van der Waals surface area contributed by atoms with Crippen LogP contribution in [0, 0.1) is 5.92 Å². The molecular formula is C13H24N2OS. The largest absolute Gasteiger partial charge is 0.340 e. The van der Waals surface area contributed by atoms with Crippen LogP contribution in [0.4, 0.5) is 0 Å². The van der Waals surface area contributed by atoms with E-state index in [1.54, 1.807) is 0 Å². The van der Waals surface area contributed by atoms with Crippen LogP contribution in [-0.4, -0.2) is 54.2 Å². The Bertz CT molecular complexity index is 246. The summed E-state index contributed by atoms with van der Waals surface area (Å²) < 4.78 is 0. The Hall–Kier alpha value is -0.220. The highest BCUT2D eigenvalue weighted by molar-refractivity contribution is 7.80. The lowest BCUT2D eigenvalue weighted by Gasteiger charge is -2.37. The van der Waals surface area contributed by atoms with Crippen LogP contribution in [0.5, 0.6) is 0 Å². The monoisotopic (exact) mass is 256 g/mol. The molecule has 4 heteroatoms. The second-order valence-corrected chi connectivity index (χ2v) is 5.67. The van der Waals surface area contributed by atoms with Gasteiger partial charge in [-0.2, -0.15) is 12.6 Å². The molecule has 0 radical (unpaired) electrons. The molecule has 0 spiro atoms.